The number of nitrogen functional groups attached to an aromatic ring is 1. The van der Waals surface area contributed by atoms with Crippen LogP contribution in [0.3, 0.4) is 0 Å². The predicted octanol–water partition coefficient (Wildman–Crippen LogP) is 3.35. The summed E-state index contributed by atoms with van der Waals surface area (Å²) in [6, 6.07) is 5.37. The quantitative estimate of drug-likeness (QED) is 0.845. The molecule has 0 aromatic heterocycles. The van der Waals surface area contributed by atoms with Gasteiger partial charge in [-0.05, 0) is 36.8 Å². The largest absolute Gasteiger partial charge is 0.478 e. The van der Waals surface area contributed by atoms with Crippen LogP contribution in [0.2, 0.25) is 0 Å². The lowest BCUT2D eigenvalue weighted by molar-refractivity contribution is 0.0697. The van der Waals surface area contributed by atoms with Gasteiger partial charge in [-0.15, -0.1) is 0 Å². The molecule has 0 aliphatic heterocycles. The second kappa shape index (κ2) is 5.16. The Kier molecular flexibility index (Phi) is 3.56. The molecule has 2 aromatic rings. The number of carboxylic acids is 1. The van der Waals surface area contributed by atoms with Gasteiger partial charge in [0.1, 0.15) is 11.6 Å². The van der Waals surface area contributed by atoms with Crippen LogP contribution in [0.25, 0.3) is 0 Å². The van der Waals surface area contributed by atoms with Gasteiger partial charge in [-0.1, -0.05) is 0 Å². The Hall–Kier alpha value is -2.63. The van der Waals surface area contributed by atoms with Gasteiger partial charge in [0.15, 0.2) is 11.6 Å². The summed E-state index contributed by atoms with van der Waals surface area (Å²) in [6.07, 6.45) is 0. The molecule has 0 radical (unpaired) electrons. The molecule has 0 amide bonds. The number of carbonyl (C=O) groups is 1. The van der Waals surface area contributed by atoms with E-state index in [1.54, 1.807) is 6.92 Å². The summed E-state index contributed by atoms with van der Waals surface area (Å²) >= 11 is 0. The molecule has 0 bridgehead atoms. The van der Waals surface area contributed by atoms with Crippen LogP contribution >= 0.6 is 0 Å². The maximum absolute atomic E-state index is 13.5. The highest BCUT2D eigenvalue weighted by atomic mass is 19.1. The van der Waals surface area contributed by atoms with Crippen molar-refractivity contribution in [2.24, 2.45) is 0 Å². The molecule has 0 saturated carbocycles. The van der Waals surface area contributed by atoms with E-state index in [0.29, 0.717) is 5.56 Å². The highest BCUT2D eigenvalue weighted by molar-refractivity contribution is 5.95. The van der Waals surface area contributed by atoms with Gasteiger partial charge in [0.2, 0.25) is 0 Å². The second-order valence-corrected chi connectivity index (χ2v) is 4.18. The normalized spacial score (nSPS) is 10.3. The summed E-state index contributed by atoms with van der Waals surface area (Å²) in [5.74, 6) is -2.90. The van der Waals surface area contributed by atoms with E-state index in [2.05, 4.69) is 0 Å². The minimum atomic E-state index is -1.23. The van der Waals surface area contributed by atoms with Gasteiger partial charge in [0, 0.05) is 11.8 Å². The third-order valence-corrected chi connectivity index (χ3v) is 2.71. The molecule has 0 heterocycles. The van der Waals surface area contributed by atoms with E-state index < -0.39 is 17.6 Å². The number of rotatable bonds is 3. The molecule has 104 valence electrons. The molecular weight excluding hydrogens is 268 g/mol. The van der Waals surface area contributed by atoms with Crippen LogP contribution in [-0.4, -0.2) is 11.1 Å². The van der Waals surface area contributed by atoms with Crippen LogP contribution in [0.1, 0.15) is 15.9 Å². The Morgan fingerprint density at radius 2 is 1.95 bits per heavy atom. The number of aromatic carboxylic acids is 1. The number of anilines is 1. The molecular formula is C14H11F2NO3. The van der Waals surface area contributed by atoms with Crippen LogP contribution < -0.4 is 10.5 Å². The number of halogens is 2. The molecule has 0 fully saturated rings. The molecule has 0 saturated heterocycles. The van der Waals surface area contributed by atoms with Crippen molar-refractivity contribution in [2.45, 2.75) is 6.92 Å². The molecule has 2 aromatic carbocycles. The van der Waals surface area contributed by atoms with Crippen LogP contribution in [0.4, 0.5) is 14.5 Å². The Bertz CT molecular complexity index is 686. The molecule has 4 nitrogen and oxygen atoms in total. The smallest absolute Gasteiger partial charge is 0.337 e. The highest BCUT2D eigenvalue weighted by Gasteiger charge is 2.14. The van der Waals surface area contributed by atoms with Crippen molar-refractivity contribution < 1.29 is 23.4 Å². The summed E-state index contributed by atoms with van der Waals surface area (Å²) < 4.78 is 31.7. The molecule has 0 aliphatic rings. The number of ether oxygens (including phenoxy) is 1. The van der Waals surface area contributed by atoms with Gasteiger partial charge in [0.05, 0.1) is 5.56 Å². The number of benzene rings is 2. The van der Waals surface area contributed by atoms with Crippen molar-refractivity contribution in [3.63, 3.8) is 0 Å². The van der Waals surface area contributed by atoms with Crippen LogP contribution in [0.15, 0.2) is 30.3 Å². The lowest BCUT2D eigenvalue weighted by Gasteiger charge is -2.11. The van der Waals surface area contributed by atoms with Crippen LogP contribution in [-0.2, 0) is 0 Å². The monoisotopic (exact) mass is 279 g/mol. The molecule has 0 aliphatic carbocycles. The number of hydrogen-bond donors (Lipinski definition) is 2. The summed E-state index contributed by atoms with van der Waals surface area (Å²) in [7, 11) is 0. The predicted molar refractivity (Wildman–Crippen MR) is 69.0 cm³/mol. The highest BCUT2D eigenvalue weighted by Crippen LogP contribution is 2.30. The molecule has 0 unspecified atom stereocenters. The first kappa shape index (κ1) is 13.8. The summed E-state index contributed by atoms with van der Waals surface area (Å²) in [5, 5.41) is 9.01. The summed E-state index contributed by atoms with van der Waals surface area (Å²) in [6.45, 7) is 1.59. The zero-order valence-corrected chi connectivity index (χ0v) is 10.5. The average Bonchev–Trinajstić information content (AvgIpc) is 2.37. The SMILES string of the molecule is Cc1cc(Oc2cc(F)ccc2F)cc(C(=O)O)c1N. The van der Waals surface area contributed by atoms with Crippen molar-refractivity contribution in [1.82, 2.24) is 0 Å². The first-order chi connectivity index (χ1) is 9.38. The van der Waals surface area contributed by atoms with E-state index >= 15 is 0 Å². The maximum atomic E-state index is 13.5. The second-order valence-electron chi connectivity index (χ2n) is 4.18. The van der Waals surface area contributed by atoms with Gasteiger partial charge in [-0.3, -0.25) is 0 Å². The molecule has 3 N–H and O–H groups in total. The van der Waals surface area contributed by atoms with Gasteiger partial charge in [-0.25, -0.2) is 13.6 Å². The average molecular weight is 279 g/mol. The van der Waals surface area contributed by atoms with Crippen molar-refractivity contribution in [3.05, 3.63) is 53.1 Å². The first-order valence-electron chi connectivity index (χ1n) is 5.65. The number of nitrogens with two attached hydrogens (primary N) is 1. The summed E-state index contributed by atoms with van der Waals surface area (Å²) in [5.41, 5.74) is 6.04. The minimum absolute atomic E-state index is 0.0681. The number of hydrogen-bond acceptors (Lipinski definition) is 3. The van der Waals surface area contributed by atoms with Crippen LogP contribution in [0, 0.1) is 18.6 Å². The maximum Gasteiger partial charge on any atom is 0.337 e. The fourth-order valence-corrected chi connectivity index (χ4v) is 1.68. The topological polar surface area (TPSA) is 72.5 Å². The zero-order chi connectivity index (χ0) is 14.9. The van der Waals surface area contributed by atoms with E-state index in [4.69, 9.17) is 15.6 Å². The lowest BCUT2D eigenvalue weighted by atomic mass is 10.1. The molecule has 0 atom stereocenters. The van der Waals surface area contributed by atoms with E-state index in [1.807, 2.05) is 0 Å². The van der Waals surface area contributed by atoms with Crippen molar-refractivity contribution in [2.75, 3.05) is 5.73 Å². The Morgan fingerprint density at radius 1 is 1.25 bits per heavy atom. The van der Waals surface area contributed by atoms with E-state index in [-0.39, 0.29) is 22.7 Å². The first-order valence-corrected chi connectivity index (χ1v) is 5.65. The third-order valence-electron chi connectivity index (χ3n) is 2.71. The molecule has 0 spiro atoms. The van der Waals surface area contributed by atoms with Gasteiger partial charge in [0.25, 0.3) is 0 Å². The fourth-order valence-electron chi connectivity index (χ4n) is 1.68. The van der Waals surface area contributed by atoms with Crippen molar-refractivity contribution >= 4 is 11.7 Å². The lowest BCUT2D eigenvalue weighted by Crippen LogP contribution is -2.04. The molecule has 2 rings (SSSR count). The molecule has 6 heteroatoms. The third kappa shape index (κ3) is 2.69. The van der Waals surface area contributed by atoms with E-state index in [0.717, 1.165) is 24.3 Å². The van der Waals surface area contributed by atoms with E-state index in [9.17, 15) is 13.6 Å². The summed E-state index contributed by atoms with van der Waals surface area (Å²) in [4.78, 5) is 11.0. The Labute approximate surface area is 113 Å². The number of carboxylic acid groups (broad SMARTS) is 1. The zero-order valence-electron chi connectivity index (χ0n) is 10.5. The van der Waals surface area contributed by atoms with Crippen LogP contribution in [0.5, 0.6) is 11.5 Å². The van der Waals surface area contributed by atoms with Gasteiger partial charge < -0.3 is 15.6 Å². The number of aryl methyl sites for hydroxylation is 1. The Balaban J connectivity index is 2.44. The standard InChI is InChI=1S/C14H11F2NO3/c1-7-4-9(6-10(13(7)17)14(18)19)20-12-5-8(15)2-3-11(12)16/h2-6H,17H2,1H3,(H,18,19). The van der Waals surface area contributed by atoms with Gasteiger partial charge >= 0.3 is 5.97 Å². The fraction of sp³-hybridized carbons (Fsp3) is 0.0714. The Morgan fingerprint density at radius 3 is 2.60 bits per heavy atom. The van der Waals surface area contributed by atoms with E-state index in [1.165, 1.54) is 6.07 Å². The van der Waals surface area contributed by atoms with Crippen molar-refractivity contribution in [3.8, 4) is 11.5 Å². The van der Waals surface area contributed by atoms with Crippen molar-refractivity contribution in [1.29, 1.82) is 0 Å². The molecule has 20 heavy (non-hydrogen) atoms. The van der Waals surface area contributed by atoms with Gasteiger partial charge in [-0.2, -0.15) is 0 Å². The minimum Gasteiger partial charge on any atom is -0.478 e.